The van der Waals surface area contributed by atoms with E-state index in [1.54, 1.807) is 6.20 Å². The lowest BCUT2D eigenvalue weighted by atomic mass is 10.3. The van der Waals surface area contributed by atoms with Gasteiger partial charge in [0.1, 0.15) is 0 Å². The monoisotopic (exact) mass is 165 g/mol. The number of hydrogen-bond donors (Lipinski definition) is 0. The molecule has 3 nitrogen and oxygen atoms in total. The van der Waals surface area contributed by atoms with Gasteiger partial charge in [0.05, 0.1) is 11.2 Å². The maximum atomic E-state index is 5.81. The number of pyridine rings is 1. The van der Waals surface area contributed by atoms with Crippen LogP contribution in [-0.4, -0.2) is 15.2 Å². The summed E-state index contributed by atoms with van der Waals surface area (Å²) in [6, 6.07) is 3.68. The number of halogens is 1. The van der Waals surface area contributed by atoms with Crippen molar-refractivity contribution in [3.8, 4) is 0 Å². The van der Waals surface area contributed by atoms with Crippen LogP contribution in [0.5, 0.6) is 0 Å². The fraction of sp³-hybridized carbons (Fsp3) is 0. The van der Waals surface area contributed by atoms with Gasteiger partial charge < -0.3 is 0 Å². The molecule has 0 bridgehead atoms. The molecule has 2 aromatic rings. The molecular weight excluding hydrogens is 162 g/mol. The Morgan fingerprint density at radius 2 is 2.27 bits per heavy atom. The highest BCUT2D eigenvalue weighted by Crippen LogP contribution is 2.16. The smallest absolute Gasteiger partial charge is 0.183 e. The summed E-state index contributed by atoms with van der Waals surface area (Å²) in [6.07, 6.45) is 3.17. The fourth-order valence-corrected chi connectivity index (χ4v) is 1.06. The van der Waals surface area contributed by atoms with Crippen molar-refractivity contribution in [3.63, 3.8) is 0 Å². The van der Waals surface area contributed by atoms with E-state index in [1.807, 2.05) is 12.1 Å². The van der Waals surface area contributed by atoms with Gasteiger partial charge in [-0.1, -0.05) is 11.6 Å². The molecule has 4 heteroatoms. The van der Waals surface area contributed by atoms with Crippen molar-refractivity contribution >= 4 is 22.6 Å². The summed E-state index contributed by atoms with van der Waals surface area (Å²) < 4.78 is 0. The standard InChI is InChI=1S/C7H4ClN3/c8-6-4-10-11-7-5(6)2-1-3-9-7/h1-4H. The second-order valence-corrected chi connectivity index (χ2v) is 2.47. The van der Waals surface area contributed by atoms with Crippen molar-refractivity contribution < 1.29 is 0 Å². The molecule has 54 valence electrons. The quantitative estimate of drug-likeness (QED) is 0.596. The Balaban J connectivity index is 2.91. The lowest BCUT2D eigenvalue weighted by Gasteiger charge is -1.93. The van der Waals surface area contributed by atoms with Gasteiger partial charge in [-0.2, -0.15) is 5.10 Å². The Morgan fingerprint density at radius 3 is 3.09 bits per heavy atom. The van der Waals surface area contributed by atoms with Gasteiger partial charge in [0.15, 0.2) is 5.65 Å². The summed E-state index contributed by atoms with van der Waals surface area (Å²) in [5.74, 6) is 0. The predicted octanol–water partition coefficient (Wildman–Crippen LogP) is 1.68. The highest BCUT2D eigenvalue weighted by molar-refractivity contribution is 6.34. The average Bonchev–Trinajstić information content (AvgIpc) is 2.06. The van der Waals surface area contributed by atoms with E-state index in [1.165, 1.54) is 6.20 Å². The molecular formula is C7H4ClN3. The number of fused-ring (bicyclic) bond motifs is 1. The molecule has 11 heavy (non-hydrogen) atoms. The van der Waals surface area contributed by atoms with Crippen LogP contribution >= 0.6 is 11.6 Å². The van der Waals surface area contributed by atoms with Crippen LogP contribution in [0.15, 0.2) is 24.5 Å². The normalized spacial score (nSPS) is 10.3. The zero-order valence-electron chi connectivity index (χ0n) is 5.53. The summed E-state index contributed by atoms with van der Waals surface area (Å²) in [5.41, 5.74) is 0.583. The molecule has 0 aliphatic heterocycles. The van der Waals surface area contributed by atoms with Crippen LogP contribution < -0.4 is 0 Å². The second kappa shape index (κ2) is 2.43. The minimum Gasteiger partial charge on any atom is -0.235 e. The van der Waals surface area contributed by atoms with Gasteiger partial charge in [0, 0.05) is 11.6 Å². The molecule has 0 aromatic carbocycles. The third kappa shape index (κ3) is 1.03. The van der Waals surface area contributed by atoms with Crippen molar-refractivity contribution in [2.75, 3.05) is 0 Å². The zero-order valence-corrected chi connectivity index (χ0v) is 6.28. The molecule has 0 saturated carbocycles. The molecule has 0 unspecified atom stereocenters. The molecule has 2 heterocycles. The summed E-state index contributed by atoms with van der Waals surface area (Å²) in [6.45, 7) is 0. The molecule has 0 atom stereocenters. The van der Waals surface area contributed by atoms with E-state index in [9.17, 15) is 0 Å². The number of rotatable bonds is 0. The lowest BCUT2D eigenvalue weighted by molar-refractivity contribution is 1.05. The molecule has 0 saturated heterocycles. The summed E-state index contributed by atoms with van der Waals surface area (Å²) in [4.78, 5) is 3.98. The largest absolute Gasteiger partial charge is 0.235 e. The lowest BCUT2D eigenvalue weighted by Crippen LogP contribution is -1.85. The van der Waals surface area contributed by atoms with E-state index in [0.29, 0.717) is 10.7 Å². The summed E-state index contributed by atoms with van der Waals surface area (Å²) >= 11 is 5.81. The van der Waals surface area contributed by atoms with E-state index >= 15 is 0 Å². The first kappa shape index (κ1) is 6.49. The van der Waals surface area contributed by atoms with E-state index in [-0.39, 0.29) is 0 Å². The van der Waals surface area contributed by atoms with Gasteiger partial charge in [-0.25, -0.2) is 4.98 Å². The molecule has 0 spiro atoms. The SMILES string of the molecule is Clc1cnnc2ncccc12. The minimum atomic E-state index is 0.583. The van der Waals surface area contributed by atoms with Crippen molar-refractivity contribution in [2.45, 2.75) is 0 Å². The van der Waals surface area contributed by atoms with Gasteiger partial charge in [-0.05, 0) is 12.1 Å². The molecule has 0 N–H and O–H groups in total. The predicted molar refractivity (Wildman–Crippen MR) is 42.3 cm³/mol. The summed E-state index contributed by atoms with van der Waals surface area (Å²) in [7, 11) is 0. The first-order valence-electron chi connectivity index (χ1n) is 3.10. The first-order chi connectivity index (χ1) is 5.38. The number of aromatic nitrogens is 3. The van der Waals surface area contributed by atoms with Crippen molar-refractivity contribution in [1.82, 2.24) is 15.2 Å². The van der Waals surface area contributed by atoms with Crippen molar-refractivity contribution in [2.24, 2.45) is 0 Å². The molecule has 0 radical (unpaired) electrons. The van der Waals surface area contributed by atoms with E-state index in [2.05, 4.69) is 15.2 Å². The zero-order chi connectivity index (χ0) is 7.68. The Labute approximate surface area is 68.0 Å². The molecule has 2 rings (SSSR count). The van der Waals surface area contributed by atoms with Crippen LogP contribution in [-0.2, 0) is 0 Å². The highest BCUT2D eigenvalue weighted by atomic mass is 35.5. The maximum Gasteiger partial charge on any atom is 0.183 e. The third-order valence-corrected chi connectivity index (χ3v) is 1.67. The summed E-state index contributed by atoms with van der Waals surface area (Å²) in [5, 5.41) is 8.89. The van der Waals surface area contributed by atoms with Gasteiger partial charge >= 0.3 is 0 Å². The Hall–Kier alpha value is -1.22. The highest BCUT2D eigenvalue weighted by Gasteiger charge is 1.98. The van der Waals surface area contributed by atoms with Crippen LogP contribution in [0.1, 0.15) is 0 Å². The van der Waals surface area contributed by atoms with Crippen LogP contribution in [0.2, 0.25) is 5.02 Å². The fourth-order valence-electron chi connectivity index (χ4n) is 0.867. The van der Waals surface area contributed by atoms with Gasteiger partial charge in [0.2, 0.25) is 0 Å². The average molecular weight is 166 g/mol. The van der Waals surface area contributed by atoms with Crippen molar-refractivity contribution in [3.05, 3.63) is 29.5 Å². The van der Waals surface area contributed by atoms with E-state index in [4.69, 9.17) is 11.6 Å². The third-order valence-electron chi connectivity index (χ3n) is 1.37. The second-order valence-electron chi connectivity index (χ2n) is 2.07. The van der Waals surface area contributed by atoms with Crippen LogP contribution in [0, 0.1) is 0 Å². The topological polar surface area (TPSA) is 38.7 Å². The molecule has 0 fully saturated rings. The Bertz CT molecular complexity index is 383. The van der Waals surface area contributed by atoms with Gasteiger partial charge in [-0.15, -0.1) is 5.10 Å². The molecule has 2 aromatic heterocycles. The van der Waals surface area contributed by atoms with Crippen LogP contribution in [0.4, 0.5) is 0 Å². The van der Waals surface area contributed by atoms with Crippen LogP contribution in [0.3, 0.4) is 0 Å². The molecule has 0 aliphatic carbocycles. The van der Waals surface area contributed by atoms with Crippen LogP contribution in [0.25, 0.3) is 11.0 Å². The van der Waals surface area contributed by atoms with Crippen molar-refractivity contribution in [1.29, 1.82) is 0 Å². The van der Waals surface area contributed by atoms with Gasteiger partial charge in [0.25, 0.3) is 0 Å². The minimum absolute atomic E-state index is 0.583. The van der Waals surface area contributed by atoms with E-state index < -0.39 is 0 Å². The molecule has 0 aliphatic rings. The maximum absolute atomic E-state index is 5.81. The number of nitrogens with zero attached hydrogens (tertiary/aromatic N) is 3. The van der Waals surface area contributed by atoms with Gasteiger partial charge in [-0.3, -0.25) is 0 Å². The molecule has 0 amide bonds. The Kier molecular flexibility index (Phi) is 1.43. The number of hydrogen-bond acceptors (Lipinski definition) is 3. The van der Waals surface area contributed by atoms with E-state index in [0.717, 1.165) is 5.39 Å². The first-order valence-corrected chi connectivity index (χ1v) is 3.47. The Morgan fingerprint density at radius 1 is 1.36 bits per heavy atom.